The number of methoxy groups -OCH3 is 1. The molecular formula is C30H35Cl2N3O5. The van der Waals surface area contributed by atoms with E-state index in [2.05, 4.69) is 0 Å². The molecule has 3 aromatic rings. The third-order valence-corrected chi connectivity index (χ3v) is 7.42. The molecule has 0 aliphatic carbocycles. The second-order valence-electron chi connectivity index (χ2n) is 11.0. The summed E-state index contributed by atoms with van der Waals surface area (Å²) in [5, 5.41) is 5.70. The number of carbonyl (C=O) groups excluding carboxylic acids is 2. The molecule has 214 valence electrons. The minimum Gasteiger partial charge on any atom is -0.496 e. The van der Waals surface area contributed by atoms with Crippen LogP contribution in [-0.2, 0) is 22.6 Å². The highest BCUT2D eigenvalue weighted by Gasteiger charge is 2.34. The summed E-state index contributed by atoms with van der Waals surface area (Å²) in [6.45, 7) is 10.2. The van der Waals surface area contributed by atoms with Gasteiger partial charge in [0.25, 0.3) is 5.91 Å². The second kappa shape index (κ2) is 11.7. The fraction of sp³-hybridized carbons (Fsp3) is 0.433. The lowest BCUT2D eigenvalue weighted by molar-refractivity contribution is -0.144. The van der Waals surface area contributed by atoms with E-state index in [-0.39, 0.29) is 30.8 Å². The molecule has 8 nitrogen and oxygen atoms in total. The van der Waals surface area contributed by atoms with E-state index in [0.29, 0.717) is 57.2 Å². The Morgan fingerprint density at radius 3 is 2.42 bits per heavy atom. The van der Waals surface area contributed by atoms with Crippen LogP contribution in [0.1, 0.15) is 62.7 Å². The van der Waals surface area contributed by atoms with Crippen molar-refractivity contribution >= 4 is 35.1 Å². The topological polar surface area (TPSA) is 82.9 Å². The molecular weight excluding hydrogens is 553 g/mol. The molecule has 1 aliphatic rings. The molecule has 1 amide bonds. The first kappa shape index (κ1) is 29.7. The third kappa shape index (κ3) is 6.08. The molecule has 0 saturated heterocycles. The van der Waals surface area contributed by atoms with Gasteiger partial charge in [0, 0.05) is 46.2 Å². The van der Waals surface area contributed by atoms with Crippen molar-refractivity contribution in [3.63, 3.8) is 0 Å². The van der Waals surface area contributed by atoms with Gasteiger partial charge in [0.2, 0.25) is 0 Å². The number of hydrogen-bond acceptors (Lipinski definition) is 6. The second-order valence-corrected chi connectivity index (χ2v) is 11.9. The lowest BCUT2D eigenvalue weighted by Crippen LogP contribution is -2.43. The van der Waals surface area contributed by atoms with Gasteiger partial charge in [0.1, 0.15) is 18.1 Å². The standard InChI is InChI=1S/C30H35Cl2N3O5/c1-8-39-26(36)10-17(2)9-18-11-22-25(15-24(18)38-7)40-16-23-27(29(37)34(6)30(3,4)5)33-35(28(22)23)21-13-19(31)12-20(32)14-21/h11-15,17H,8-10,16H2,1-7H3/t17-/m1/s1. The first-order valence-corrected chi connectivity index (χ1v) is 14.0. The Morgan fingerprint density at radius 1 is 1.15 bits per heavy atom. The maximum Gasteiger partial charge on any atom is 0.306 e. The van der Waals surface area contributed by atoms with Gasteiger partial charge < -0.3 is 19.1 Å². The Balaban J connectivity index is 1.89. The van der Waals surface area contributed by atoms with Gasteiger partial charge in [0.15, 0.2) is 5.69 Å². The summed E-state index contributed by atoms with van der Waals surface area (Å²) in [5.74, 6) is 0.797. The molecule has 2 heterocycles. The van der Waals surface area contributed by atoms with Crippen molar-refractivity contribution in [3.05, 3.63) is 57.2 Å². The summed E-state index contributed by atoms with van der Waals surface area (Å²) in [7, 11) is 3.36. The van der Waals surface area contributed by atoms with E-state index in [9.17, 15) is 9.59 Å². The van der Waals surface area contributed by atoms with E-state index < -0.39 is 5.54 Å². The molecule has 4 rings (SSSR count). The maximum atomic E-state index is 13.7. The number of halogens is 2. The summed E-state index contributed by atoms with van der Waals surface area (Å²) >= 11 is 12.7. The maximum absolute atomic E-state index is 13.7. The zero-order valence-electron chi connectivity index (χ0n) is 23.9. The van der Waals surface area contributed by atoms with E-state index in [0.717, 1.165) is 11.1 Å². The number of ether oxygens (including phenoxy) is 3. The quantitative estimate of drug-likeness (QED) is 0.271. The monoisotopic (exact) mass is 587 g/mol. The van der Waals surface area contributed by atoms with Crippen LogP contribution in [0.5, 0.6) is 11.5 Å². The van der Waals surface area contributed by atoms with Gasteiger partial charge in [-0.1, -0.05) is 30.1 Å². The Morgan fingerprint density at radius 2 is 1.82 bits per heavy atom. The van der Waals surface area contributed by atoms with Crippen molar-refractivity contribution in [1.82, 2.24) is 14.7 Å². The van der Waals surface area contributed by atoms with Gasteiger partial charge >= 0.3 is 5.97 Å². The summed E-state index contributed by atoms with van der Waals surface area (Å²) in [6.07, 6.45) is 0.854. The number of rotatable bonds is 8. The van der Waals surface area contributed by atoms with Crippen LogP contribution >= 0.6 is 23.2 Å². The molecule has 1 aliphatic heterocycles. The van der Waals surface area contributed by atoms with E-state index in [4.69, 9.17) is 42.5 Å². The molecule has 1 aromatic heterocycles. The first-order valence-electron chi connectivity index (χ1n) is 13.2. The number of aromatic nitrogens is 2. The van der Waals surface area contributed by atoms with Crippen molar-refractivity contribution in [3.8, 4) is 28.4 Å². The SMILES string of the molecule is CCOC(=O)C[C@H](C)Cc1cc2c(cc1OC)OCc1c(C(=O)N(C)C(C)(C)C)nn(-c3cc(Cl)cc(Cl)c3)c1-2. The van der Waals surface area contributed by atoms with Crippen LogP contribution < -0.4 is 9.47 Å². The van der Waals surface area contributed by atoms with Crippen LogP contribution in [0, 0.1) is 5.92 Å². The number of benzene rings is 2. The van der Waals surface area contributed by atoms with Gasteiger partial charge in [-0.2, -0.15) is 5.10 Å². The van der Waals surface area contributed by atoms with Crippen LogP contribution in [0.2, 0.25) is 10.0 Å². The first-order chi connectivity index (χ1) is 18.8. The molecule has 40 heavy (non-hydrogen) atoms. The number of hydrogen-bond donors (Lipinski definition) is 0. The van der Waals surface area contributed by atoms with E-state index >= 15 is 0 Å². The molecule has 1 atom stereocenters. The summed E-state index contributed by atoms with van der Waals surface area (Å²) in [5.41, 5.74) is 3.52. The highest BCUT2D eigenvalue weighted by atomic mass is 35.5. The van der Waals surface area contributed by atoms with Crippen molar-refractivity contribution < 1.29 is 23.8 Å². The van der Waals surface area contributed by atoms with Crippen molar-refractivity contribution in [2.24, 2.45) is 5.92 Å². The van der Waals surface area contributed by atoms with Crippen LogP contribution in [-0.4, -0.2) is 52.9 Å². The van der Waals surface area contributed by atoms with E-state index in [1.54, 1.807) is 48.9 Å². The molecule has 0 unspecified atom stereocenters. The van der Waals surface area contributed by atoms with Gasteiger partial charge in [-0.25, -0.2) is 4.68 Å². The van der Waals surface area contributed by atoms with Crippen molar-refractivity contribution in [1.29, 1.82) is 0 Å². The summed E-state index contributed by atoms with van der Waals surface area (Å²) in [6, 6.07) is 8.98. The number of esters is 1. The third-order valence-electron chi connectivity index (χ3n) is 6.99. The Bertz CT molecular complexity index is 1420. The van der Waals surface area contributed by atoms with Gasteiger partial charge in [-0.3, -0.25) is 9.59 Å². The predicted octanol–water partition coefficient (Wildman–Crippen LogP) is 6.75. The number of fused-ring (bicyclic) bond motifs is 3. The minimum atomic E-state index is -0.420. The Labute approximate surface area is 245 Å². The number of nitrogens with zero attached hydrogens (tertiary/aromatic N) is 3. The largest absolute Gasteiger partial charge is 0.496 e. The normalized spacial score (nSPS) is 13.1. The fourth-order valence-corrected chi connectivity index (χ4v) is 5.22. The molecule has 0 fully saturated rings. The number of carbonyl (C=O) groups is 2. The highest BCUT2D eigenvalue weighted by molar-refractivity contribution is 6.34. The molecule has 10 heteroatoms. The molecule has 2 aromatic carbocycles. The van der Waals surface area contributed by atoms with Gasteiger partial charge in [-0.05, 0) is 69.9 Å². The Hall–Kier alpha value is -3.23. The molecule has 0 radical (unpaired) electrons. The summed E-state index contributed by atoms with van der Waals surface area (Å²) in [4.78, 5) is 27.5. The van der Waals surface area contributed by atoms with Gasteiger partial charge in [-0.15, -0.1) is 0 Å². The van der Waals surface area contributed by atoms with Crippen molar-refractivity contribution in [2.75, 3.05) is 20.8 Å². The smallest absolute Gasteiger partial charge is 0.306 e. The predicted molar refractivity (Wildman–Crippen MR) is 156 cm³/mol. The lowest BCUT2D eigenvalue weighted by atomic mass is 9.93. The average Bonchev–Trinajstić information content (AvgIpc) is 3.26. The summed E-state index contributed by atoms with van der Waals surface area (Å²) < 4.78 is 18.7. The van der Waals surface area contributed by atoms with E-state index in [1.165, 1.54) is 0 Å². The Kier molecular flexibility index (Phi) is 8.71. The molecule has 0 saturated carbocycles. The molecule has 0 bridgehead atoms. The average molecular weight is 589 g/mol. The number of amides is 1. The zero-order valence-corrected chi connectivity index (χ0v) is 25.4. The van der Waals surface area contributed by atoms with Crippen LogP contribution in [0.3, 0.4) is 0 Å². The lowest BCUT2D eigenvalue weighted by Gasteiger charge is -2.31. The van der Waals surface area contributed by atoms with Crippen LogP contribution in [0.4, 0.5) is 0 Å². The zero-order chi connectivity index (χ0) is 29.4. The molecule has 0 spiro atoms. The van der Waals surface area contributed by atoms with Crippen LogP contribution in [0.15, 0.2) is 30.3 Å². The molecule has 0 N–H and O–H groups in total. The van der Waals surface area contributed by atoms with Gasteiger partial charge in [0.05, 0.1) is 25.1 Å². The van der Waals surface area contributed by atoms with E-state index in [1.807, 2.05) is 39.8 Å². The highest BCUT2D eigenvalue weighted by Crippen LogP contribution is 2.44. The van der Waals surface area contributed by atoms with Crippen LogP contribution in [0.25, 0.3) is 16.9 Å². The minimum absolute atomic E-state index is 0.00389. The fourth-order valence-electron chi connectivity index (χ4n) is 4.71. The van der Waals surface area contributed by atoms with Crippen molar-refractivity contribution in [2.45, 2.75) is 59.6 Å².